The van der Waals surface area contributed by atoms with E-state index in [1.165, 1.54) is 12.8 Å². The van der Waals surface area contributed by atoms with Crippen molar-refractivity contribution in [1.29, 1.82) is 0 Å². The predicted molar refractivity (Wildman–Crippen MR) is 173 cm³/mol. The second-order valence-corrected chi connectivity index (χ2v) is 13.7. The Balaban J connectivity index is 1.65. The van der Waals surface area contributed by atoms with Gasteiger partial charge in [0.2, 0.25) is 0 Å². The highest BCUT2D eigenvalue weighted by Crippen LogP contribution is 2.37. The lowest BCUT2D eigenvalue weighted by Gasteiger charge is -2.27. The minimum absolute atomic E-state index is 0.00733. The number of allylic oxidation sites excluding steroid dienone is 2. The van der Waals surface area contributed by atoms with E-state index in [4.69, 9.17) is 14.2 Å². The fourth-order valence-electron chi connectivity index (χ4n) is 6.29. The zero-order valence-corrected chi connectivity index (χ0v) is 28.2. The van der Waals surface area contributed by atoms with Crippen LogP contribution in [0.15, 0.2) is 36.0 Å². The number of aliphatic hydroxyl groups excluding tert-OH is 2. The van der Waals surface area contributed by atoms with Gasteiger partial charge < -0.3 is 39.7 Å². The molecule has 3 aliphatic rings. The van der Waals surface area contributed by atoms with Crippen molar-refractivity contribution >= 4 is 12.1 Å². The van der Waals surface area contributed by atoms with Crippen molar-refractivity contribution in [1.82, 2.24) is 10.2 Å². The summed E-state index contributed by atoms with van der Waals surface area (Å²) >= 11 is 0. The number of aliphatic hydroxyl groups is 3. The fraction of sp³-hybridized carbons (Fsp3) is 0.771. The topological polar surface area (TPSA) is 141 Å². The van der Waals surface area contributed by atoms with Gasteiger partial charge in [-0.3, -0.25) is 4.79 Å². The number of hydrogen-bond acceptors (Lipinski definition) is 9. The fourth-order valence-corrected chi connectivity index (χ4v) is 6.29. The molecular formula is C35H58N2O8. The van der Waals surface area contributed by atoms with E-state index in [2.05, 4.69) is 10.2 Å². The van der Waals surface area contributed by atoms with Gasteiger partial charge in [0, 0.05) is 31.3 Å². The zero-order chi connectivity index (χ0) is 33.1. The summed E-state index contributed by atoms with van der Waals surface area (Å²) in [5, 5.41) is 34.5. The Hall–Kier alpha value is -2.24. The quantitative estimate of drug-likeness (QED) is 0.107. The monoisotopic (exact) mass is 634 g/mol. The van der Waals surface area contributed by atoms with Crippen molar-refractivity contribution in [2.75, 3.05) is 26.2 Å². The largest absolute Gasteiger partial charge is 0.457 e. The third-order valence-electron chi connectivity index (χ3n) is 9.44. The molecule has 0 radical (unpaired) electrons. The van der Waals surface area contributed by atoms with Crippen LogP contribution in [0.25, 0.3) is 0 Å². The third kappa shape index (κ3) is 12.5. The summed E-state index contributed by atoms with van der Waals surface area (Å²) in [6.45, 7) is 14.9. The highest BCUT2D eigenvalue weighted by molar-refractivity contribution is 5.70. The molecule has 3 heterocycles. The zero-order valence-electron chi connectivity index (χ0n) is 28.2. The smallest absolute Gasteiger partial charge is 0.407 e. The van der Waals surface area contributed by atoms with E-state index in [1.807, 2.05) is 52.8 Å². The van der Waals surface area contributed by atoms with Crippen LogP contribution < -0.4 is 5.32 Å². The molecule has 3 aliphatic heterocycles. The Bertz CT molecular complexity index is 1040. The van der Waals surface area contributed by atoms with Gasteiger partial charge in [-0.15, -0.1) is 0 Å². The first kappa shape index (κ1) is 37.2. The maximum Gasteiger partial charge on any atom is 0.407 e. The Morgan fingerprint density at radius 1 is 1.24 bits per heavy atom. The van der Waals surface area contributed by atoms with Crippen LogP contribution in [0.5, 0.6) is 0 Å². The number of likely N-dealkylation sites (tertiary alicyclic amines) is 1. The predicted octanol–water partition coefficient (Wildman–Crippen LogP) is 4.28. The summed E-state index contributed by atoms with van der Waals surface area (Å²) in [7, 11) is 0. The molecule has 0 aromatic heterocycles. The highest BCUT2D eigenvalue weighted by Gasteiger charge is 2.47. The number of esters is 1. The van der Waals surface area contributed by atoms with Crippen LogP contribution in [0.1, 0.15) is 86.5 Å². The summed E-state index contributed by atoms with van der Waals surface area (Å²) in [5.41, 5.74) is -0.355. The number of amides is 1. The van der Waals surface area contributed by atoms with E-state index < -0.39 is 42.1 Å². The molecule has 4 N–H and O–H groups in total. The standard InChI is InChI=1S/C35H58N2O8/c1-7-28(39)26(5)33-30(43-33)22-35(6,42)16-10-11-24(3)32-25(4)13-15-29(23(2)12-14-27(38)21-31(40)45-32)44-34(41)36-17-20-37-18-8-9-19-37/h10-11,13,15-16,23,25-30,32-33,38-39,42H,7-9,12,14,17-22H2,1-6H3,(H,36,41)/b15-13-,16-10+,24-11+. The number of nitrogens with zero attached hydrogens (tertiary/aromatic N) is 1. The Kier molecular flexibility index (Phi) is 14.6. The molecule has 0 aromatic rings. The molecule has 0 bridgehead atoms. The molecule has 45 heavy (non-hydrogen) atoms. The van der Waals surface area contributed by atoms with Crippen LogP contribution in [0.4, 0.5) is 4.79 Å². The summed E-state index contributed by atoms with van der Waals surface area (Å²) in [5.74, 6) is -0.784. The number of rotatable bonds is 12. The number of alkyl carbamates (subject to hydrolysis) is 1. The van der Waals surface area contributed by atoms with Gasteiger partial charge in [-0.05, 0) is 76.6 Å². The van der Waals surface area contributed by atoms with Crippen LogP contribution in [0.3, 0.4) is 0 Å². The molecule has 10 unspecified atom stereocenters. The number of ether oxygens (including phenoxy) is 3. The summed E-state index contributed by atoms with van der Waals surface area (Å²) in [4.78, 5) is 27.8. The number of carbonyl (C=O) groups is 2. The molecule has 256 valence electrons. The molecule has 10 atom stereocenters. The summed E-state index contributed by atoms with van der Waals surface area (Å²) < 4.78 is 17.4. The first-order valence-electron chi connectivity index (χ1n) is 16.9. The summed E-state index contributed by atoms with van der Waals surface area (Å²) in [6.07, 6.45) is 10.3. The second kappa shape index (κ2) is 17.6. The number of nitrogens with one attached hydrogen (secondary N) is 1. The van der Waals surface area contributed by atoms with E-state index in [9.17, 15) is 24.9 Å². The van der Waals surface area contributed by atoms with Gasteiger partial charge in [-0.25, -0.2) is 4.79 Å². The minimum atomic E-state index is -1.12. The molecule has 0 spiro atoms. The lowest BCUT2D eigenvalue weighted by atomic mass is 9.91. The van der Waals surface area contributed by atoms with Gasteiger partial charge >= 0.3 is 12.1 Å². The van der Waals surface area contributed by atoms with Gasteiger partial charge in [-0.2, -0.15) is 0 Å². The minimum Gasteiger partial charge on any atom is -0.457 e. The van der Waals surface area contributed by atoms with Gasteiger partial charge in [0.1, 0.15) is 12.2 Å². The normalized spacial score (nSPS) is 33.8. The lowest BCUT2D eigenvalue weighted by molar-refractivity contribution is -0.151. The molecule has 10 heteroatoms. The lowest BCUT2D eigenvalue weighted by Crippen LogP contribution is -2.37. The van der Waals surface area contributed by atoms with E-state index >= 15 is 0 Å². The van der Waals surface area contributed by atoms with Crippen molar-refractivity contribution in [2.24, 2.45) is 17.8 Å². The first-order chi connectivity index (χ1) is 21.3. The van der Waals surface area contributed by atoms with Crippen molar-refractivity contribution in [3.63, 3.8) is 0 Å². The van der Waals surface area contributed by atoms with Gasteiger partial charge in [0.05, 0.1) is 36.4 Å². The molecule has 2 fully saturated rings. The van der Waals surface area contributed by atoms with Crippen LogP contribution >= 0.6 is 0 Å². The van der Waals surface area contributed by atoms with Gasteiger partial charge in [-0.1, -0.05) is 52.0 Å². The maximum absolute atomic E-state index is 12.8. The van der Waals surface area contributed by atoms with E-state index in [0.29, 0.717) is 32.2 Å². The first-order valence-corrected chi connectivity index (χ1v) is 16.9. The Morgan fingerprint density at radius 2 is 1.96 bits per heavy atom. The average Bonchev–Trinajstić information content (AvgIpc) is 3.52. The SMILES string of the molecule is CCC(O)C(C)C1OC1CC(C)(O)/C=C/C=C(\C)C1OC(=O)CC(O)CCC(C)C(OC(=O)NCCN2CCCC2)/C=C\C1C. The van der Waals surface area contributed by atoms with Crippen molar-refractivity contribution in [2.45, 2.75) is 129 Å². The molecule has 10 nitrogen and oxygen atoms in total. The van der Waals surface area contributed by atoms with Gasteiger partial charge in [0.15, 0.2) is 0 Å². The number of epoxide rings is 1. The summed E-state index contributed by atoms with van der Waals surface area (Å²) in [6, 6.07) is 0. The number of carbonyl (C=O) groups excluding carboxylic acids is 2. The number of hydrogen-bond donors (Lipinski definition) is 4. The second-order valence-electron chi connectivity index (χ2n) is 13.7. The third-order valence-corrected chi connectivity index (χ3v) is 9.44. The molecule has 2 saturated heterocycles. The average molecular weight is 635 g/mol. The molecule has 0 aliphatic carbocycles. The molecule has 1 amide bonds. The van der Waals surface area contributed by atoms with Crippen molar-refractivity contribution in [3.05, 3.63) is 36.0 Å². The van der Waals surface area contributed by atoms with Crippen LogP contribution in [-0.2, 0) is 19.0 Å². The van der Waals surface area contributed by atoms with Crippen molar-refractivity contribution < 1.29 is 39.1 Å². The van der Waals surface area contributed by atoms with E-state index in [0.717, 1.165) is 25.2 Å². The van der Waals surface area contributed by atoms with Crippen LogP contribution in [0.2, 0.25) is 0 Å². The van der Waals surface area contributed by atoms with Gasteiger partial charge in [0.25, 0.3) is 0 Å². The molecular weight excluding hydrogens is 576 g/mol. The highest BCUT2D eigenvalue weighted by atomic mass is 16.6. The van der Waals surface area contributed by atoms with E-state index in [-0.39, 0.29) is 36.4 Å². The Morgan fingerprint density at radius 3 is 2.64 bits per heavy atom. The van der Waals surface area contributed by atoms with Crippen LogP contribution in [-0.4, -0.2) is 101 Å². The van der Waals surface area contributed by atoms with Crippen molar-refractivity contribution in [3.8, 4) is 0 Å². The van der Waals surface area contributed by atoms with Crippen LogP contribution in [0, 0.1) is 17.8 Å². The molecule has 0 aromatic carbocycles. The number of cyclic esters (lactones) is 1. The molecule has 3 rings (SSSR count). The molecule has 0 saturated carbocycles. The van der Waals surface area contributed by atoms with E-state index in [1.54, 1.807) is 19.1 Å². The Labute approximate surface area is 269 Å². The maximum atomic E-state index is 12.8.